The first-order valence-electron chi connectivity index (χ1n) is 16.9. The van der Waals surface area contributed by atoms with Crippen LogP contribution < -0.4 is 20.7 Å². The summed E-state index contributed by atoms with van der Waals surface area (Å²) in [5.74, 6) is 0.636. The minimum atomic E-state index is -0.362. The fourth-order valence-electron chi connectivity index (χ4n) is 5.66. The first-order valence-corrected chi connectivity index (χ1v) is 18.6. The lowest BCUT2D eigenvalue weighted by molar-refractivity contribution is 0.101. The molecule has 2 amide bonds. The molecule has 4 aromatic heterocycles. The van der Waals surface area contributed by atoms with Gasteiger partial charge in [-0.15, -0.1) is 22.7 Å². The number of nitrogens with one attached hydrogen (secondary N) is 3. The van der Waals surface area contributed by atoms with Crippen molar-refractivity contribution in [3.8, 4) is 26.8 Å². The number of anilines is 4. The Morgan fingerprint density at radius 3 is 2.50 bits per heavy atom. The van der Waals surface area contributed by atoms with Crippen molar-refractivity contribution in [2.24, 2.45) is 0 Å². The van der Waals surface area contributed by atoms with Gasteiger partial charge in [-0.2, -0.15) is 0 Å². The minimum Gasteiger partial charge on any atom is -0.492 e. The second-order valence-electron chi connectivity index (χ2n) is 12.4. The normalized spacial score (nSPS) is 13.4. The third-order valence-electron chi connectivity index (χ3n) is 8.67. The fourth-order valence-corrected chi connectivity index (χ4v) is 7.40. The molecule has 11 nitrogen and oxygen atoms in total. The number of pyridine rings is 1. The van der Waals surface area contributed by atoms with Gasteiger partial charge in [-0.25, -0.2) is 9.97 Å². The van der Waals surface area contributed by atoms with Crippen molar-refractivity contribution in [2.75, 3.05) is 62.3 Å². The summed E-state index contributed by atoms with van der Waals surface area (Å²) in [6, 6.07) is 24.7. The molecule has 7 rings (SSSR count). The third kappa shape index (κ3) is 8.87. The van der Waals surface area contributed by atoms with Crippen LogP contribution in [0.4, 0.5) is 23.0 Å². The van der Waals surface area contributed by atoms with E-state index in [1.807, 2.05) is 79.0 Å². The molecule has 52 heavy (non-hydrogen) atoms. The number of thiophene rings is 2. The molecule has 2 aromatic carbocycles. The number of piperazine rings is 1. The van der Waals surface area contributed by atoms with Crippen LogP contribution in [0.3, 0.4) is 0 Å². The van der Waals surface area contributed by atoms with Gasteiger partial charge in [0.15, 0.2) is 0 Å². The molecule has 13 heteroatoms. The zero-order chi connectivity index (χ0) is 35.9. The quantitative estimate of drug-likeness (QED) is 0.117. The maximum absolute atomic E-state index is 13.3. The number of rotatable bonds is 12. The lowest BCUT2D eigenvalue weighted by Gasteiger charge is -2.32. The SMILES string of the molecule is Cc1ccc(NC(=O)c2cncc(NC(=O)c3ccc(-c4cccs4)s3)c2)cc1Nc1nccc(-c2ccc(OCCN3CCN(C)CC3)cc2)n1. The van der Waals surface area contributed by atoms with Crippen molar-refractivity contribution in [1.82, 2.24) is 24.8 Å². The highest BCUT2D eigenvalue weighted by Gasteiger charge is 2.15. The van der Waals surface area contributed by atoms with Crippen LogP contribution in [-0.4, -0.2) is 82.9 Å². The molecule has 1 saturated heterocycles. The monoisotopic (exact) mass is 730 g/mol. The topological polar surface area (TPSA) is 125 Å². The Labute approximate surface area is 310 Å². The number of hydrogen-bond donors (Lipinski definition) is 3. The fraction of sp³-hybridized carbons (Fsp3) is 0.205. The van der Waals surface area contributed by atoms with Crippen molar-refractivity contribution in [1.29, 1.82) is 0 Å². The lowest BCUT2D eigenvalue weighted by Crippen LogP contribution is -2.45. The van der Waals surface area contributed by atoms with Gasteiger partial charge in [-0.3, -0.25) is 19.5 Å². The second kappa shape index (κ2) is 16.3. The first kappa shape index (κ1) is 35.0. The Hall–Kier alpha value is -5.47. The summed E-state index contributed by atoms with van der Waals surface area (Å²) in [7, 11) is 2.16. The zero-order valence-corrected chi connectivity index (χ0v) is 30.5. The summed E-state index contributed by atoms with van der Waals surface area (Å²) in [5, 5.41) is 11.1. The number of aryl methyl sites for hydroxylation is 1. The Kier molecular flexibility index (Phi) is 10.9. The van der Waals surface area contributed by atoms with Gasteiger partial charge < -0.3 is 25.6 Å². The summed E-state index contributed by atoms with van der Waals surface area (Å²) >= 11 is 3.04. The van der Waals surface area contributed by atoms with Gasteiger partial charge in [0.05, 0.1) is 28.0 Å². The second-order valence-corrected chi connectivity index (χ2v) is 14.5. The molecule has 6 aromatic rings. The van der Waals surface area contributed by atoms with Gasteiger partial charge in [-0.05, 0) is 91.6 Å². The summed E-state index contributed by atoms with van der Waals surface area (Å²) in [5.41, 5.74) is 4.72. The van der Waals surface area contributed by atoms with Crippen molar-refractivity contribution in [3.05, 3.63) is 119 Å². The minimum absolute atomic E-state index is 0.258. The Bertz CT molecular complexity index is 2150. The molecule has 5 heterocycles. The average Bonchev–Trinajstić information content (AvgIpc) is 3.88. The maximum Gasteiger partial charge on any atom is 0.265 e. The van der Waals surface area contributed by atoms with Gasteiger partial charge in [0.25, 0.3) is 11.8 Å². The number of benzene rings is 2. The van der Waals surface area contributed by atoms with Gasteiger partial charge in [0.1, 0.15) is 12.4 Å². The van der Waals surface area contributed by atoms with Crippen LogP contribution in [0.1, 0.15) is 25.6 Å². The molecular formula is C39H38N8O3S2. The Morgan fingerprint density at radius 1 is 0.865 bits per heavy atom. The highest BCUT2D eigenvalue weighted by molar-refractivity contribution is 7.22. The van der Waals surface area contributed by atoms with Gasteiger partial charge in [0.2, 0.25) is 5.95 Å². The van der Waals surface area contributed by atoms with Gasteiger partial charge in [-0.1, -0.05) is 12.1 Å². The molecule has 0 aliphatic carbocycles. The summed E-state index contributed by atoms with van der Waals surface area (Å²) < 4.78 is 6.01. The van der Waals surface area contributed by atoms with E-state index in [1.54, 1.807) is 29.7 Å². The third-order valence-corrected chi connectivity index (χ3v) is 10.8. The van der Waals surface area contributed by atoms with Crippen LogP contribution >= 0.6 is 22.7 Å². The largest absolute Gasteiger partial charge is 0.492 e. The number of nitrogens with zero attached hydrogens (tertiary/aromatic N) is 5. The molecular weight excluding hydrogens is 693 g/mol. The van der Waals surface area contributed by atoms with Crippen molar-refractivity contribution in [3.63, 3.8) is 0 Å². The van der Waals surface area contributed by atoms with E-state index < -0.39 is 0 Å². The van der Waals surface area contributed by atoms with E-state index in [1.165, 1.54) is 23.7 Å². The molecule has 0 saturated carbocycles. The average molecular weight is 731 g/mol. The Balaban J connectivity index is 0.951. The van der Waals surface area contributed by atoms with Crippen LogP contribution in [0.25, 0.3) is 21.0 Å². The molecule has 1 aliphatic rings. The molecule has 0 spiro atoms. The predicted molar refractivity (Wildman–Crippen MR) is 209 cm³/mol. The molecule has 0 unspecified atom stereocenters. The van der Waals surface area contributed by atoms with E-state index in [2.05, 4.69) is 42.8 Å². The van der Waals surface area contributed by atoms with E-state index in [-0.39, 0.29) is 11.8 Å². The number of ether oxygens (including phenoxy) is 1. The highest BCUT2D eigenvalue weighted by Crippen LogP contribution is 2.32. The van der Waals surface area contributed by atoms with Gasteiger partial charge in [0, 0.05) is 71.8 Å². The smallest absolute Gasteiger partial charge is 0.265 e. The number of aromatic nitrogens is 3. The molecule has 0 bridgehead atoms. The van der Waals surface area contributed by atoms with Crippen molar-refractivity contribution in [2.45, 2.75) is 6.92 Å². The summed E-state index contributed by atoms with van der Waals surface area (Å²) in [4.78, 5) is 47.1. The van der Waals surface area contributed by atoms with E-state index in [4.69, 9.17) is 9.72 Å². The van der Waals surface area contributed by atoms with Crippen LogP contribution in [0.5, 0.6) is 5.75 Å². The van der Waals surface area contributed by atoms with Crippen molar-refractivity contribution >= 4 is 57.5 Å². The number of hydrogen-bond acceptors (Lipinski definition) is 11. The van der Waals surface area contributed by atoms with Gasteiger partial charge >= 0.3 is 0 Å². The molecule has 0 atom stereocenters. The van der Waals surface area contributed by atoms with Crippen LogP contribution in [0.15, 0.2) is 103 Å². The van der Waals surface area contributed by atoms with Crippen LogP contribution in [-0.2, 0) is 0 Å². The molecule has 3 N–H and O–H groups in total. The first-order chi connectivity index (χ1) is 25.4. The number of carbonyl (C=O) groups excluding carboxylic acids is 2. The Morgan fingerprint density at radius 2 is 1.69 bits per heavy atom. The molecule has 0 radical (unpaired) electrons. The zero-order valence-electron chi connectivity index (χ0n) is 28.8. The highest BCUT2D eigenvalue weighted by atomic mass is 32.1. The molecule has 264 valence electrons. The van der Waals surface area contributed by atoms with E-state index in [9.17, 15) is 9.59 Å². The number of amides is 2. The molecule has 1 fully saturated rings. The summed E-state index contributed by atoms with van der Waals surface area (Å²) in [6.45, 7) is 7.87. The van der Waals surface area contributed by atoms with Crippen LogP contribution in [0, 0.1) is 6.92 Å². The van der Waals surface area contributed by atoms with E-state index >= 15 is 0 Å². The number of carbonyl (C=O) groups is 2. The summed E-state index contributed by atoms with van der Waals surface area (Å²) in [6.07, 6.45) is 4.69. The number of likely N-dealkylation sites (N-methyl/N-ethyl adjacent to an activating group) is 1. The van der Waals surface area contributed by atoms with E-state index in [0.717, 1.165) is 70.7 Å². The predicted octanol–water partition coefficient (Wildman–Crippen LogP) is 7.51. The lowest BCUT2D eigenvalue weighted by atomic mass is 10.1. The van der Waals surface area contributed by atoms with Crippen LogP contribution in [0.2, 0.25) is 0 Å². The van der Waals surface area contributed by atoms with E-state index in [0.29, 0.717) is 34.4 Å². The molecule has 1 aliphatic heterocycles. The van der Waals surface area contributed by atoms with Crippen molar-refractivity contribution < 1.29 is 14.3 Å². The maximum atomic E-state index is 13.3. The standard InChI is InChI=1S/C39H38N8O3S2/c1-26-5-8-29(42-37(48)28-22-30(25-40-24-28)43-38(49)36-12-11-35(52-36)34-4-3-21-51-34)23-33(26)45-39-41-14-13-32(44-39)27-6-9-31(10-7-27)50-20-19-47-17-15-46(2)16-18-47/h3-14,21-25H,15-20H2,1-2H3,(H,42,48)(H,43,49)(H,41,44,45).